The number of nitrogens with zero attached hydrogens (tertiary/aromatic N) is 1. The molecule has 0 saturated heterocycles. The van der Waals surface area contributed by atoms with E-state index in [-0.39, 0.29) is 47.7 Å². The third-order valence-corrected chi connectivity index (χ3v) is 10.7. The van der Waals surface area contributed by atoms with E-state index in [1.807, 2.05) is 6.07 Å². The van der Waals surface area contributed by atoms with Crippen LogP contribution in [0.15, 0.2) is 24.3 Å². The van der Waals surface area contributed by atoms with E-state index in [4.69, 9.17) is 36.7 Å². The molecule has 0 spiro atoms. The Bertz CT molecular complexity index is 805. The van der Waals surface area contributed by atoms with Gasteiger partial charge in [0.15, 0.2) is 14.4 Å². The van der Waals surface area contributed by atoms with Gasteiger partial charge in [-0.05, 0) is 45.0 Å². The minimum absolute atomic E-state index is 0. The summed E-state index contributed by atoms with van der Waals surface area (Å²) in [7, 11) is -5.94. The van der Waals surface area contributed by atoms with Crippen molar-refractivity contribution in [1.82, 2.24) is 0 Å². The van der Waals surface area contributed by atoms with Crippen LogP contribution in [-0.4, -0.2) is 46.3 Å². The van der Waals surface area contributed by atoms with E-state index in [0.717, 1.165) is 0 Å². The predicted molar refractivity (Wildman–Crippen MR) is 135 cm³/mol. The maximum atomic E-state index is 12.4. The van der Waals surface area contributed by atoms with Gasteiger partial charge >= 0.3 is 47.7 Å². The molecule has 2 unspecified atom stereocenters. The monoisotopic (exact) mass is 615 g/mol. The Labute approximate surface area is 238 Å². The van der Waals surface area contributed by atoms with Gasteiger partial charge in [-0.25, -0.2) is 4.57 Å². The van der Waals surface area contributed by atoms with Gasteiger partial charge in [0.25, 0.3) is 0 Å². The number of allylic oxidation sites excluding steroid dienone is 2. The molecule has 0 bridgehead atoms. The Morgan fingerprint density at radius 3 is 1.79 bits per heavy atom. The van der Waals surface area contributed by atoms with Crippen LogP contribution in [0.5, 0.6) is 0 Å². The van der Waals surface area contributed by atoms with Gasteiger partial charge in [0, 0.05) is 17.1 Å². The van der Waals surface area contributed by atoms with Crippen molar-refractivity contribution in [3.8, 4) is 6.07 Å². The van der Waals surface area contributed by atoms with Gasteiger partial charge in [-0.2, -0.15) is 5.26 Å². The second-order valence-corrected chi connectivity index (χ2v) is 14.5. The van der Waals surface area contributed by atoms with Crippen LogP contribution >= 0.6 is 7.82 Å². The number of phosphoric acid groups is 1. The van der Waals surface area contributed by atoms with E-state index in [0.29, 0.717) is 6.61 Å². The second kappa shape index (κ2) is 27.0. The van der Waals surface area contributed by atoms with Crippen molar-refractivity contribution in [2.24, 2.45) is 0 Å². The molecule has 38 heavy (non-hydrogen) atoms. The standard InChI is InChI=1S/C21H38NO7PSi.3CO.Fe/c1-9-25-20(23)16-18(29-31(7,8)21(4,5)6)14-12-13-15-19(17-22)28-30(24,26-10-2)27-11-3;3*1-2;/h12-15,18-19H,9-11,16H2,1-8H3;;;;/b14-12+,15-13+;;;;. The number of esters is 1. The summed E-state index contributed by atoms with van der Waals surface area (Å²) in [5.74, 6) is -0.340. The average Bonchev–Trinajstić information content (AvgIpc) is 2.84. The fourth-order valence-electron chi connectivity index (χ4n) is 2.10. The van der Waals surface area contributed by atoms with E-state index >= 15 is 0 Å². The van der Waals surface area contributed by atoms with Crippen molar-refractivity contribution in [3.63, 3.8) is 0 Å². The van der Waals surface area contributed by atoms with E-state index in [2.05, 4.69) is 53.8 Å². The van der Waals surface area contributed by atoms with Crippen LogP contribution in [0.2, 0.25) is 18.1 Å². The average molecular weight is 615 g/mol. The Morgan fingerprint density at radius 1 is 0.974 bits per heavy atom. The molecule has 0 aliphatic heterocycles. The number of carbonyl (C=O) groups excluding carboxylic acids is 1. The first-order valence-electron chi connectivity index (χ1n) is 11.1. The third kappa shape index (κ3) is 22.5. The van der Waals surface area contributed by atoms with Gasteiger partial charge in [0.05, 0.1) is 38.4 Å². The third-order valence-electron chi connectivity index (χ3n) is 4.59. The first-order chi connectivity index (χ1) is 17.3. The fraction of sp³-hybridized carbons (Fsp3) is 0.625. The number of rotatable bonds is 14. The molecule has 0 amide bonds. The zero-order valence-corrected chi connectivity index (χ0v) is 26.1. The molecule has 0 aromatic carbocycles. The largest absolute Gasteiger partial charge is 0 e. The maximum absolute atomic E-state index is 12.4. The van der Waals surface area contributed by atoms with Crippen molar-refractivity contribution in [2.45, 2.75) is 78.3 Å². The molecule has 216 valence electrons. The first kappa shape index (κ1) is 46.3. The van der Waals surface area contributed by atoms with Crippen molar-refractivity contribution < 1.29 is 63.1 Å². The summed E-state index contributed by atoms with van der Waals surface area (Å²) >= 11 is 0. The van der Waals surface area contributed by atoms with Crippen molar-refractivity contribution in [2.75, 3.05) is 19.8 Å². The Hall–Kier alpha value is -1.53. The molecule has 0 aromatic rings. The zero-order chi connectivity index (χ0) is 30.1. The number of carbonyl (C=O) groups is 1. The van der Waals surface area contributed by atoms with E-state index in [9.17, 15) is 14.6 Å². The summed E-state index contributed by atoms with van der Waals surface area (Å²) in [6.07, 6.45) is 4.90. The van der Waals surface area contributed by atoms with Crippen LogP contribution in [0.4, 0.5) is 0 Å². The normalized spacial score (nSPS) is 12.6. The molecule has 0 aliphatic carbocycles. The molecule has 11 nitrogen and oxygen atoms in total. The van der Waals surface area contributed by atoms with Crippen LogP contribution < -0.4 is 0 Å². The molecule has 0 aromatic heterocycles. The second-order valence-electron chi connectivity index (χ2n) is 8.13. The maximum Gasteiger partial charge on any atom is 0 e. The summed E-state index contributed by atoms with van der Waals surface area (Å²) in [5.41, 5.74) is 0. The summed E-state index contributed by atoms with van der Waals surface area (Å²) in [6.45, 7) is 29.7. The Balaban J connectivity index is -0.000000481. The quantitative estimate of drug-likeness (QED) is 0.0625. The van der Waals surface area contributed by atoms with Gasteiger partial charge in [-0.3, -0.25) is 18.4 Å². The van der Waals surface area contributed by atoms with E-state index < -0.39 is 28.3 Å². The first-order valence-corrected chi connectivity index (χ1v) is 15.5. The van der Waals surface area contributed by atoms with Crippen molar-refractivity contribution >= 4 is 22.1 Å². The number of phosphoric ester groups is 1. The summed E-state index contributed by atoms with van der Waals surface area (Å²) in [4.78, 5) is 12.0. The van der Waals surface area contributed by atoms with Crippen molar-refractivity contribution in [3.05, 3.63) is 44.3 Å². The molecule has 2 atom stereocenters. The van der Waals surface area contributed by atoms with Crippen LogP contribution in [0.3, 0.4) is 0 Å². The zero-order valence-electron chi connectivity index (χ0n) is 23.1. The van der Waals surface area contributed by atoms with Gasteiger partial charge in [-0.1, -0.05) is 39.0 Å². The SMILES string of the molecule is CCOC(=O)CC(/C=C/C=C/C(C#N)OP(=O)(OCC)OCC)O[Si](C)(C)C(C)(C)C.[C-]#[O+].[C-]#[O+].[C-]#[O+].[Fe]. The molecule has 0 radical (unpaired) electrons. The topological polar surface area (TPSA) is 164 Å². The number of ether oxygens (including phenoxy) is 1. The van der Waals surface area contributed by atoms with E-state index in [1.54, 1.807) is 39.0 Å². The van der Waals surface area contributed by atoms with Crippen LogP contribution in [-0.2, 0) is 63.1 Å². The molecule has 0 aliphatic rings. The summed E-state index contributed by atoms with van der Waals surface area (Å²) in [5, 5.41) is 9.27. The van der Waals surface area contributed by atoms with Gasteiger partial charge < -0.3 is 9.16 Å². The number of hydrogen-bond acceptors (Lipinski definition) is 8. The molecule has 14 heteroatoms. The molecule has 0 rings (SSSR count). The molecular formula is C24H38FeNO10PSi. The Kier molecular flexibility index (Phi) is 33.0. The van der Waals surface area contributed by atoms with Crippen LogP contribution in [0.1, 0.15) is 48.0 Å². The minimum Gasteiger partial charge on any atom is 0 e. The van der Waals surface area contributed by atoms with Crippen LogP contribution in [0.25, 0.3) is 0 Å². The van der Waals surface area contributed by atoms with Crippen molar-refractivity contribution in [1.29, 1.82) is 5.26 Å². The minimum atomic E-state index is -3.81. The summed E-state index contributed by atoms with van der Waals surface area (Å²) in [6, 6.07) is 1.90. The molecule has 0 fully saturated rings. The molecular weight excluding hydrogens is 577 g/mol. The fourth-order valence-corrected chi connectivity index (χ4v) is 4.59. The van der Waals surface area contributed by atoms with Crippen LogP contribution in [0, 0.1) is 31.3 Å². The number of nitriles is 1. The molecule has 0 saturated carbocycles. The van der Waals surface area contributed by atoms with Gasteiger partial charge in [0.1, 0.15) is 0 Å². The predicted octanol–water partition coefficient (Wildman–Crippen LogP) is 5.42. The van der Waals surface area contributed by atoms with Gasteiger partial charge in [0.2, 0.25) is 0 Å². The summed E-state index contributed by atoms with van der Waals surface area (Å²) < 4.78 is 61.6. The molecule has 0 N–H and O–H groups in total. The Morgan fingerprint density at radius 2 is 1.42 bits per heavy atom. The number of hydrogen-bond donors (Lipinski definition) is 0. The smallest absolute Gasteiger partial charge is 0 e. The molecule has 0 heterocycles. The van der Waals surface area contributed by atoms with E-state index in [1.165, 1.54) is 6.08 Å². The van der Waals surface area contributed by atoms with Gasteiger partial charge in [-0.15, -0.1) is 0 Å².